The van der Waals surface area contributed by atoms with Gasteiger partial charge in [0.2, 0.25) is 0 Å². The molecule has 0 amide bonds. The first-order valence-corrected chi connectivity index (χ1v) is 7.36. The summed E-state index contributed by atoms with van der Waals surface area (Å²) in [6.07, 6.45) is 7.30. The minimum atomic E-state index is 0.477. The van der Waals surface area contributed by atoms with Crippen LogP contribution >= 0.6 is 0 Å². The third-order valence-corrected chi connectivity index (χ3v) is 3.59. The summed E-state index contributed by atoms with van der Waals surface area (Å²) in [5.41, 5.74) is 7.04. The smallest absolute Gasteiger partial charge is 0.119 e. The Bertz CT molecular complexity index is 405. The second-order valence-electron chi connectivity index (χ2n) is 5.21. The highest BCUT2D eigenvalue weighted by molar-refractivity contribution is 5.85. The monoisotopic (exact) mass is 260 g/mol. The molecule has 19 heavy (non-hydrogen) atoms. The molecule has 1 aliphatic rings. The minimum Gasteiger partial charge on any atom is -0.494 e. The molecule has 1 aromatic carbocycles. The zero-order chi connectivity index (χ0) is 13.5. The van der Waals surface area contributed by atoms with Crippen LogP contribution in [0.15, 0.2) is 29.3 Å². The van der Waals surface area contributed by atoms with E-state index < -0.39 is 0 Å². The fourth-order valence-electron chi connectivity index (χ4n) is 2.48. The van der Waals surface area contributed by atoms with Gasteiger partial charge in [-0.05, 0) is 43.5 Å². The van der Waals surface area contributed by atoms with Crippen molar-refractivity contribution in [1.29, 1.82) is 0 Å². The van der Waals surface area contributed by atoms with Crippen molar-refractivity contribution in [3.63, 3.8) is 0 Å². The van der Waals surface area contributed by atoms with Gasteiger partial charge < -0.3 is 10.5 Å². The molecule has 0 aliphatic heterocycles. The zero-order valence-electron chi connectivity index (χ0n) is 11.8. The molecule has 3 heteroatoms. The fourth-order valence-corrected chi connectivity index (χ4v) is 2.48. The highest BCUT2D eigenvalue weighted by Crippen LogP contribution is 2.25. The van der Waals surface area contributed by atoms with Crippen LogP contribution in [0.2, 0.25) is 0 Å². The summed E-state index contributed by atoms with van der Waals surface area (Å²) in [4.78, 5) is 4.54. The number of amidine groups is 1. The van der Waals surface area contributed by atoms with E-state index in [1.54, 1.807) is 0 Å². The van der Waals surface area contributed by atoms with Crippen molar-refractivity contribution < 1.29 is 4.74 Å². The predicted octanol–water partition coefficient (Wildman–Crippen LogP) is 4.04. The van der Waals surface area contributed by atoms with Crippen molar-refractivity contribution in [2.45, 2.75) is 45.4 Å². The van der Waals surface area contributed by atoms with Crippen molar-refractivity contribution >= 4 is 11.5 Å². The Morgan fingerprint density at radius 1 is 1.21 bits per heavy atom. The van der Waals surface area contributed by atoms with Crippen LogP contribution in [0.3, 0.4) is 0 Å². The third-order valence-electron chi connectivity index (χ3n) is 3.59. The quantitative estimate of drug-likeness (QED) is 0.641. The lowest BCUT2D eigenvalue weighted by molar-refractivity contribution is 0.317. The van der Waals surface area contributed by atoms with Crippen LogP contribution in [0.5, 0.6) is 5.75 Å². The Labute approximate surface area is 115 Å². The van der Waals surface area contributed by atoms with Crippen LogP contribution in [0.4, 0.5) is 5.69 Å². The van der Waals surface area contributed by atoms with Gasteiger partial charge in [0.15, 0.2) is 0 Å². The number of nitrogens with two attached hydrogens (primary N) is 1. The molecule has 0 spiro atoms. The molecule has 0 bridgehead atoms. The Morgan fingerprint density at radius 3 is 2.53 bits per heavy atom. The maximum Gasteiger partial charge on any atom is 0.119 e. The molecule has 2 rings (SSSR count). The summed E-state index contributed by atoms with van der Waals surface area (Å²) >= 11 is 0. The van der Waals surface area contributed by atoms with Crippen LogP contribution < -0.4 is 10.5 Å². The van der Waals surface area contributed by atoms with Crippen LogP contribution in [0.25, 0.3) is 0 Å². The number of aliphatic imine (C=N–C) groups is 1. The molecule has 1 saturated carbocycles. The van der Waals surface area contributed by atoms with Crippen LogP contribution in [-0.4, -0.2) is 12.4 Å². The highest BCUT2D eigenvalue weighted by atomic mass is 16.5. The highest BCUT2D eigenvalue weighted by Gasteiger charge is 2.16. The zero-order valence-corrected chi connectivity index (χ0v) is 11.8. The van der Waals surface area contributed by atoms with Gasteiger partial charge in [0, 0.05) is 5.92 Å². The average Bonchev–Trinajstić information content (AvgIpc) is 2.47. The van der Waals surface area contributed by atoms with Gasteiger partial charge in [0.05, 0.1) is 12.3 Å². The molecule has 0 radical (unpaired) electrons. The number of ether oxygens (including phenoxy) is 1. The minimum absolute atomic E-state index is 0.477. The Hall–Kier alpha value is -1.51. The van der Waals surface area contributed by atoms with Crippen LogP contribution in [0.1, 0.15) is 45.4 Å². The number of nitrogens with zero attached hydrogens (tertiary/aromatic N) is 1. The molecular formula is C16H24N2O. The molecule has 0 heterocycles. The maximum absolute atomic E-state index is 6.12. The fraction of sp³-hybridized carbons (Fsp3) is 0.562. The summed E-state index contributed by atoms with van der Waals surface area (Å²) in [6, 6.07) is 7.87. The van der Waals surface area contributed by atoms with Crippen molar-refractivity contribution in [2.75, 3.05) is 6.61 Å². The lowest BCUT2D eigenvalue weighted by atomic mass is 9.88. The van der Waals surface area contributed by atoms with Crippen molar-refractivity contribution in [2.24, 2.45) is 16.6 Å². The van der Waals surface area contributed by atoms with E-state index in [1.165, 1.54) is 32.1 Å². The molecule has 2 N–H and O–H groups in total. The summed E-state index contributed by atoms with van der Waals surface area (Å²) in [5, 5.41) is 0. The first-order chi connectivity index (χ1) is 9.29. The predicted molar refractivity (Wildman–Crippen MR) is 80.1 cm³/mol. The molecule has 0 aromatic heterocycles. The molecule has 0 saturated heterocycles. The molecule has 0 unspecified atom stereocenters. The molecule has 1 aliphatic carbocycles. The SMILES string of the molecule is CCCOc1ccc(N=C(N)C2CCCCC2)cc1. The number of benzene rings is 1. The maximum atomic E-state index is 6.12. The largest absolute Gasteiger partial charge is 0.494 e. The van der Waals surface area contributed by atoms with E-state index in [0.717, 1.165) is 30.3 Å². The van der Waals surface area contributed by atoms with Gasteiger partial charge in [-0.2, -0.15) is 0 Å². The first kappa shape index (κ1) is 13.9. The van der Waals surface area contributed by atoms with E-state index in [4.69, 9.17) is 10.5 Å². The Balaban J connectivity index is 1.97. The van der Waals surface area contributed by atoms with Gasteiger partial charge >= 0.3 is 0 Å². The van der Waals surface area contributed by atoms with Crippen molar-refractivity contribution in [3.05, 3.63) is 24.3 Å². The Kier molecular flexibility index (Phi) is 5.25. The molecular weight excluding hydrogens is 236 g/mol. The van der Waals surface area contributed by atoms with Crippen LogP contribution in [0, 0.1) is 5.92 Å². The summed E-state index contributed by atoms with van der Waals surface area (Å²) < 4.78 is 5.55. The van der Waals surface area contributed by atoms with Crippen LogP contribution in [-0.2, 0) is 0 Å². The third kappa shape index (κ3) is 4.27. The van der Waals surface area contributed by atoms with Gasteiger partial charge in [0.25, 0.3) is 0 Å². The second-order valence-corrected chi connectivity index (χ2v) is 5.21. The van der Waals surface area contributed by atoms with E-state index in [2.05, 4.69) is 11.9 Å². The Morgan fingerprint density at radius 2 is 1.89 bits per heavy atom. The normalized spacial score (nSPS) is 17.4. The van der Waals surface area contributed by atoms with Gasteiger partial charge in [0.1, 0.15) is 11.6 Å². The average molecular weight is 260 g/mol. The standard InChI is InChI=1S/C16H24N2O/c1-2-12-19-15-10-8-14(9-11-15)18-16(17)13-6-4-3-5-7-13/h8-11,13H,2-7,12H2,1H3,(H2,17,18). The lowest BCUT2D eigenvalue weighted by Crippen LogP contribution is -2.25. The summed E-state index contributed by atoms with van der Waals surface area (Å²) in [5.74, 6) is 2.17. The second kappa shape index (κ2) is 7.17. The molecule has 1 fully saturated rings. The van der Waals surface area contributed by atoms with E-state index >= 15 is 0 Å². The van der Waals surface area contributed by atoms with Crippen molar-refractivity contribution in [3.8, 4) is 5.75 Å². The number of hydrogen-bond donors (Lipinski definition) is 1. The first-order valence-electron chi connectivity index (χ1n) is 7.36. The molecule has 3 nitrogen and oxygen atoms in total. The van der Waals surface area contributed by atoms with E-state index in [1.807, 2.05) is 24.3 Å². The number of hydrogen-bond acceptors (Lipinski definition) is 2. The van der Waals surface area contributed by atoms with E-state index in [9.17, 15) is 0 Å². The topological polar surface area (TPSA) is 47.6 Å². The number of rotatable bonds is 5. The summed E-state index contributed by atoms with van der Waals surface area (Å²) in [6.45, 7) is 2.86. The summed E-state index contributed by atoms with van der Waals surface area (Å²) in [7, 11) is 0. The van der Waals surface area contributed by atoms with Crippen molar-refractivity contribution in [1.82, 2.24) is 0 Å². The van der Waals surface area contributed by atoms with E-state index in [-0.39, 0.29) is 0 Å². The van der Waals surface area contributed by atoms with E-state index in [0.29, 0.717) is 5.92 Å². The van der Waals surface area contributed by atoms with Gasteiger partial charge in [-0.1, -0.05) is 26.2 Å². The van der Waals surface area contributed by atoms with Gasteiger partial charge in [-0.25, -0.2) is 4.99 Å². The van der Waals surface area contributed by atoms with Gasteiger partial charge in [-0.3, -0.25) is 0 Å². The lowest BCUT2D eigenvalue weighted by Gasteiger charge is -2.20. The molecule has 0 atom stereocenters. The molecule has 104 valence electrons. The van der Waals surface area contributed by atoms with Gasteiger partial charge in [-0.15, -0.1) is 0 Å². The molecule has 1 aromatic rings.